The fourth-order valence-electron chi connectivity index (χ4n) is 3.21. The van der Waals surface area contributed by atoms with Crippen LogP contribution in [0, 0.1) is 6.92 Å². The summed E-state index contributed by atoms with van der Waals surface area (Å²) in [6, 6.07) is 16.6. The Hall–Kier alpha value is -3.71. The minimum atomic E-state index is -0.508. The zero-order valence-electron chi connectivity index (χ0n) is 17.2. The molecule has 0 saturated heterocycles. The predicted molar refractivity (Wildman–Crippen MR) is 121 cm³/mol. The van der Waals surface area contributed by atoms with Gasteiger partial charge in [-0.25, -0.2) is 9.59 Å². The summed E-state index contributed by atoms with van der Waals surface area (Å²) in [5.41, 5.74) is 2.44. The quantitative estimate of drug-likeness (QED) is 0.276. The Kier molecular flexibility index (Phi) is 5.92. The molecule has 3 aromatic rings. The van der Waals surface area contributed by atoms with Crippen molar-refractivity contribution in [3.8, 4) is 11.5 Å². The number of benzene rings is 3. The molecule has 0 radical (unpaired) electrons. The molecule has 3 aromatic carbocycles. The number of rotatable bonds is 4. The van der Waals surface area contributed by atoms with Gasteiger partial charge in [-0.05, 0) is 67.1 Å². The van der Waals surface area contributed by atoms with Gasteiger partial charge >= 0.3 is 11.9 Å². The van der Waals surface area contributed by atoms with Gasteiger partial charge in [-0.2, -0.15) is 0 Å². The summed E-state index contributed by atoms with van der Waals surface area (Å²) in [5.74, 6) is -0.408. The Morgan fingerprint density at radius 1 is 0.906 bits per heavy atom. The Balaban J connectivity index is 1.56. The molecule has 0 spiro atoms. The van der Waals surface area contributed by atoms with Crippen LogP contribution in [0.3, 0.4) is 0 Å². The molecule has 0 unspecified atom stereocenters. The van der Waals surface area contributed by atoms with Gasteiger partial charge in [0.25, 0.3) is 0 Å². The van der Waals surface area contributed by atoms with Crippen molar-refractivity contribution in [2.75, 3.05) is 7.11 Å². The largest absolute Gasteiger partial charge is 0.465 e. The zero-order valence-corrected chi connectivity index (χ0v) is 18.8. The van der Waals surface area contributed by atoms with Crippen LogP contribution in [0.4, 0.5) is 0 Å². The minimum absolute atomic E-state index is 0.144. The van der Waals surface area contributed by atoms with Crippen molar-refractivity contribution >= 4 is 39.7 Å². The van der Waals surface area contributed by atoms with E-state index in [0.717, 1.165) is 4.47 Å². The van der Waals surface area contributed by atoms with Gasteiger partial charge in [0, 0.05) is 10.0 Å². The van der Waals surface area contributed by atoms with E-state index in [9.17, 15) is 14.4 Å². The standard InChI is InChI=1S/C25H17BrO6/c1-14-20(32-25(29)17-7-9-18(26)10-8-17)12-11-19-22(27)21(31-23(14)19)13-15-3-5-16(6-4-15)24(28)30-2/h3-13H,1-2H3/b21-13-. The average molecular weight is 493 g/mol. The molecular weight excluding hydrogens is 476 g/mol. The van der Waals surface area contributed by atoms with E-state index in [-0.39, 0.29) is 11.5 Å². The topological polar surface area (TPSA) is 78.9 Å². The van der Waals surface area contributed by atoms with E-state index >= 15 is 0 Å². The van der Waals surface area contributed by atoms with Crippen LogP contribution in [0.5, 0.6) is 11.5 Å². The number of Topliss-reactive ketones (excluding diaryl/α,β-unsaturated/α-hetero) is 1. The number of fused-ring (bicyclic) bond motifs is 1. The number of halogens is 1. The van der Waals surface area contributed by atoms with Crippen LogP contribution in [0.15, 0.2) is 70.9 Å². The number of methoxy groups -OCH3 is 1. The molecule has 0 aliphatic carbocycles. The molecule has 6 nitrogen and oxygen atoms in total. The third-order valence-corrected chi connectivity index (χ3v) is 5.48. The van der Waals surface area contributed by atoms with Crippen molar-refractivity contribution in [2.45, 2.75) is 6.92 Å². The van der Waals surface area contributed by atoms with E-state index in [1.165, 1.54) is 7.11 Å². The maximum absolute atomic E-state index is 12.8. The van der Waals surface area contributed by atoms with Crippen molar-refractivity contribution < 1.29 is 28.6 Å². The van der Waals surface area contributed by atoms with Crippen LogP contribution in [0.2, 0.25) is 0 Å². The van der Waals surface area contributed by atoms with Gasteiger partial charge in [-0.1, -0.05) is 28.1 Å². The number of carbonyl (C=O) groups excluding carboxylic acids is 3. The van der Waals surface area contributed by atoms with Crippen molar-refractivity contribution in [3.05, 3.63) is 98.7 Å². The van der Waals surface area contributed by atoms with Crippen LogP contribution in [-0.4, -0.2) is 24.8 Å². The second-order valence-corrected chi connectivity index (χ2v) is 7.93. The molecule has 160 valence electrons. The molecule has 7 heteroatoms. The smallest absolute Gasteiger partial charge is 0.343 e. The first-order chi connectivity index (χ1) is 15.4. The molecule has 0 atom stereocenters. The predicted octanol–water partition coefficient (Wildman–Crippen LogP) is 5.38. The highest BCUT2D eigenvalue weighted by molar-refractivity contribution is 9.10. The third kappa shape index (κ3) is 4.20. The molecule has 0 bridgehead atoms. The Morgan fingerprint density at radius 3 is 2.19 bits per heavy atom. The third-order valence-electron chi connectivity index (χ3n) is 4.95. The number of allylic oxidation sites excluding steroid dienone is 1. The molecular formula is C25H17BrO6. The number of ether oxygens (including phenoxy) is 3. The normalized spacial score (nSPS) is 13.5. The molecule has 4 rings (SSSR count). The number of hydrogen-bond donors (Lipinski definition) is 0. The SMILES string of the molecule is COC(=O)c1ccc(/C=C2\Oc3c(ccc(OC(=O)c4ccc(Br)cc4)c3C)C2=O)cc1. The monoisotopic (exact) mass is 492 g/mol. The lowest BCUT2D eigenvalue weighted by Crippen LogP contribution is -2.09. The second kappa shape index (κ2) is 8.80. The van der Waals surface area contributed by atoms with Crippen molar-refractivity contribution in [3.63, 3.8) is 0 Å². The highest BCUT2D eigenvalue weighted by atomic mass is 79.9. The summed E-state index contributed by atoms with van der Waals surface area (Å²) in [7, 11) is 1.31. The summed E-state index contributed by atoms with van der Waals surface area (Å²) in [4.78, 5) is 36.8. The molecule has 32 heavy (non-hydrogen) atoms. The van der Waals surface area contributed by atoms with Crippen LogP contribution in [0.25, 0.3) is 6.08 Å². The number of hydrogen-bond acceptors (Lipinski definition) is 6. The summed E-state index contributed by atoms with van der Waals surface area (Å²) in [6.07, 6.45) is 1.59. The molecule has 0 fully saturated rings. The highest BCUT2D eigenvalue weighted by Gasteiger charge is 2.30. The maximum Gasteiger partial charge on any atom is 0.343 e. The first kappa shape index (κ1) is 21.5. The van der Waals surface area contributed by atoms with E-state index in [2.05, 4.69) is 20.7 Å². The summed E-state index contributed by atoms with van der Waals surface area (Å²) < 4.78 is 16.9. The summed E-state index contributed by atoms with van der Waals surface area (Å²) >= 11 is 3.33. The molecule has 0 aromatic heterocycles. The molecule has 1 heterocycles. The molecule has 1 aliphatic rings. The highest BCUT2D eigenvalue weighted by Crippen LogP contribution is 2.39. The molecule has 0 amide bonds. The Labute approximate surface area is 192 Å². The molecule has 0 saturated carbocycles. The molecule has 1 aliphatic heterocycles. The lowest BCUT2D eigenvalue weighted by molar-refractivity contribution is 0.0600. The van der Waals surface area contributed by atoms with Crippen LogP contribution in [0.1, 0.15) is 42.2 Å². The van der Waals surface area contributed by atoms with Crippen LogP contribution in [-0.2, 0) is 4.74 Å². The van der Waals surface area contributed by atoms with Gasteiger partial charge in [-0.3, -0.25) is 4.79 Å². The van der Waals surface area contributed by atoms with Crippen LogP contribution >= 0.6 is 15.9 Å². The maximum atomic E-state index is 12.8. The fourth-order valence-corrected chi connectivity index (χ4v) is 3.47. The van der Waals surface area contributed by atoms with Gasteiger partial charge in [0.1, 0.15) is 11.5 Å². The van der Waals surface area contributed by atoms with Crippen molar-refractivity contribution in [2.24, 2.45) is 0 Å². The fraction of sp³-hybridized carbons (Fsp3) is 0.0800. The van der Waals surface area contributed by atoms with E-state index in [0.29, 0.717) is 39.3 Å². The van der Waals surface area contributed by atoms with Crippen molar-refractivity contribution in [1.29, 1.82) is 0 Å². The summed E-state index contributed by atoms with van der Waals surface area (Å²) in [5, 5.41) is 0. The van der Waals surface area contributed by atoms with Gasteiger partial charge in [0.05, 0.1) is 23.8 Å². The lowest BCUT2D eigenvalue weighted by Gasteiger charge is -2.10. The summed E-state index contributed by atoms with van der Waals surface area (Å²) in [6.45, 7) is 1.73. The first-order valence-corrected chi connectivity index (χ1v) is 10.4. The number of carbonyl (C=O) groups is 3. The Morgan fingerprint density at radius 2 is 1.53 bits per heavy atom. The molecule has 0 N–H and O–H groups in total. The minimum Gasteiger partial charge on any atom is -0.465 e. The van der Waals surface area contributed by atoms with E-state index < -0.39 is 11.9 Å². The van der Waals surface area contributed by atoms with Gasteiger partial charge in [0.2, 0.25) is 5.78 Å². The second-order valence-electron chi connectivity index (χ2n) is 7.02. The zero-order chi connectivity index (χ0) is 22.8. The van der Waals surface area contributed by atoms with Gasteiger partial charge in [0.15, 0.2) is 5.76 Å². The van der Waals surface area contributed by atoms with Gasteiger partial charge in [-0.15, -0.1) is 0 Å². The van der Waals surface area contributed by atoms with E-state index in [1.807, 2.05) is 0 Å². The number of esters is 2. The van der Waals surface area contributed by atoms with E-state index in [1.54, 1.807) is 73.7 Å². The Bertz CT molecular complexity index is 1260. The number of ketones is 1. The lowest BCUT2D eigenvalue weighted by atomic mass is 10.1. The van der Waals surface area contributed by atoms with E-state index in [4.69, 9.17) is 9.47 Å². The van der Waals surface area contributed by atoms with Crippen molar-refractivity contribution in [1.82, 2.24) is 0 Å². The average Bonchev–Trinajstić information content (AvgIpc) is 3.12. The van der Waals surface area contributed by atoms with Crippen LogP contribution < -0.4 is 9.47 Å². The van der Waals surface area contributed by atoms with Gasteiger partial charge < -0.3 is 14.2 Å². The first-order valence-electron chi connectivity index (χ1n) is 9.61.